The number of benzene rings is 2. The highest BCUT2D eigenvalue weighted by molar-refractivity contribution is 8.00. The minimum absolute atomic E-state index is 0.115. The number of aromatic nitrogens is 1. The Morgan fingerprint density at radius 3 is 2.56 bits per heavy atom. The molecule has 2 aromatic heterocycles. The fraction of sp³-hybridized carbons (Fsp3) is 0.125. The van der Waals surface area contributed by atoms with Crippen molar-refractivity contribution in [3.63, 3.8) is 0 Å². The number of nitrogens with one attached hydrogen (secondary N) is 2. The summed E-state index contributed by atoms with van der Waals surface area (Å²) < 4.78 is 0. The molecule has 0 bridgehead atoms. The quantitative estimate of drug-likeness (QED) is 0.295. The number of rotatable bonds is 7. The lowest BCUT2D eigenvalue weighted by atomic mass is 10.1. The van der Waals surface area contributed by atoms with E-state index in [0.29, 0.717) is 16.4 Å². The van der Waals surface area contributed by atoms with Gasteiger partial charge in [0.05, 0.1) is 15.8 Å². The Morgan fingerprint density at radius 1 is 1.00 bits per heavy atom. The molecule has 0 saturated carbocycles. The molecule has 0 aliphatic rings. The van der Waals surface area contributed by atoms with Gasteiger partial charge < -0.3 is 10.6 Å². The Hall–Kier alpha value is -2.94. The summed E-state index contributed by atoms with van der Waals surface area (Å²) in [5.41, 5.74) is 3.27. The lowest BCUT2D eigenvalue weighted by Crippen LogP contribution is -2.22. The lowest BCUT2D eigenvalue weighted by Gasteiger charge is -2.12. The molecule has 0 aliphatic carbocycles. The van der Waals surface area contributed by atoms with E-state index in [-0.39, 0.29) is 17.1 Å². The molecule has 8 heteroatoms. The number of anilines is 2. The molecule has 5 nitrogen and oxygen atoms in total. The Morgan fingerprint density at radius 2 is 1.81 bits per heavy atom. The van der Waals surface area contributed by atoms with Gasteiger partial charge in [0.25, 0.3) is 5.91 Å². The van der Waals surface area contributed by atoms with Gasteiger partial charge in [0.15, 0.2) is 5.13 Å². The molecule has 0 radical (unpaired) electrons. The van der Waals surface area contributed by atoms with Gasteiger partial charge in [-0.25, -0.2) is 4.98 Å². The lowest BCUT2D eigenvalue weighted by molar-refractivity contribution is -0.115. The summed E-state index contributed by atoms with van der Waals surface area (Å²) in [6.07, 6.45) is 0. The zero-order valence-electron chi connectivity index (χ0n) is 17.5. The minimum atomic E-state index is -0.327. The number of nitrogens with zero attached hydrogens (tertiary/aromatic N) is 1. The van der Waals surface area contributed by atoms with E-state index < -0.39 is 0 Å². The van der Waals surface area contributed by atoms with Gasteiger partial charge in [-0.15, -0.1) is 34.4 Å². The zero-order valence-corrected chi connectivity index (χ0v) is 19.9. The first-order chi connectivity index (χ1) is 15.5. The van der Waals surface area contributed by atoms with Crippen molar-refractivity contribution in [2.75, 3.05) is 10.6 Å². The Kier molecular flexibility index (Phi) is 7.04. The van der Waals surface area contributed by atoms with Gasteiger partial charge in [0.2, 0.25) is 5.91 Å². The van der Waals surface area contributed by atoms with Gasteiger partial charge >= 0.3 is 0 Å². The van der Waals surface area contributed by atoms with Crippen LogP contribution in [0.5, 0.6) is 0 Å². The van der Waals surface area contributed by atoms with E-state index in [4.69, 9.17) is 0 Å². The molecule has 0 spiro atoms. The van der Waals surface area contributed by atoms with Crippen molar-refractivity contribution in [2.45, 2.75) is 24.0 Å². The summed E-state index contributed by atoms with van der Waals surface area (Å²) in [7, 11) is 0. The second kappa shape index (κ2) is 10.1. The van der Waals surface area contributed by atoms with Gasteiger partial charge in [-0.3, -0.25) is 9.59 Å². The number of carbonyl (C=O) groups excluding carboxylic acids is 2. The summed E-state index contributed by atoms with van der Waals surface area (Å²) in [4.78, 5) is 31.6. The largest absolute Gasteiger partial charge is 0.322 e. The molecule has 1 atom stereocenters. The predicted molar refractivity (Wildman–Crippen MR) is 135 cm³/mol. The normalized spacial score (nSPS) is 11.7. The highest BCUT2D eigenvalue weighted by Crippen LogP contribution is 2.30. The minimum Gasteiger partial charge on any atom is -0.322 e. The van der Waals surface area contributed by atoms with Crippen molar-refractivity contribution in [1.29, 1.82) is 0 Å². The molecule has 2 N–H and O–H groups in total. The summed E-state index contributed by atoms with van der Waals surface area (Å²) >= 11 is 4.46. The van der Waals surface area contributed by atoms with Gasteiger partial charge in [-0.05, 0) is 55.6 Å². The number of amides is 2. The van der Waals surface area contributed by atoms with Crippen LogP contribution >= 0.6 is 34.4 Å². The molecule has 4 aromatic rings. The average molecular weight is 480 g/mol. The van der Waals surface area contributed by atoms with Crippen LogP contribution in [0.3, 0.4) is 0 Å². The van der Waals surface area contributed by atoms with Crippen LogP contribution in [0.15, 0.2) is 76.3 Å². The summed E-state index contributed by atoms with van der Waals surface area (Å²) in [5.74, 6) is -0.278. The summed E-state index contributed by atoms with van der Waals surface area (Å²) in [6.45, 7) is 3.84. The third-order valence-electron chi connectivity index (χ3n) is 4.60. The Bertz CT molecular complexity index is 1220. The molecule has 2 aromatic carbocycles. The van der Waals surface area contributed by atoms with Gasteiger partial charge in [-0.2, -0.15) is 0 Å². The number of thioether (sulfide) groups is 1. The topological polar surface area (TPSA) is 71.1 Å². The molecule has 1 unspecified atom stereocenters. The van der Waals surface area contributed by atoms with Crippen LogP contribution in [0, 0.1) is 6.92 Å². The molecule has 162 valence electrons. The second-order valence-corrected chi connectivity index (χ2v) is 10.3. The van der Waals surface area contributed by atoms with E-state index in [9.17, 15) is 9.59 Å². The molecule has 0 aliphatic heterocycles. The SMILES string of the molecule is Cc1ccc(C(=O)Nc2cccc(SC(C)C(=O)Nc3nc(-c4cccs4)cs3)c2)cc1. The van der Waals surface area contributed by atoms with E-state index in [1.165, 1.54) is 23.1 Å². The molecular weight excluding hydrogens is 458 g/mol. The van der Waals surface area contributed by atoms with E-state index in [1.54, 1.807) is 23.5 Å². The summed E-state index contributed by atoms with van der Waals surface area (Å²) in [6, 6.07) is 18.9. The Balaban J connectivity index is 1.35. The van der Waals surface area contributed by atoms with Crippen LogP contribution in [0.25, 0.3) is 10.6 Å². The Labute approximate surface area is 198 Å². The van der Waals surface area contributed by atoms with Crippen molar-refractivity contribution in [3.05, 3.63) is 82.6 Å². The van der Waals surface area contributed by atoms with Crippen LogP contribution in [-0.2, 0) is 4.79 Å². The van der Waals surface area contributed by atoms with E-state index >= 15 is 0 Å². The fourth-order valence-corrected chi connectivity index (χ4v) is 5.29. The van der Waals surface area contributed by atoms with Crippen LogP contribution in [0.2, 0.25) is 0 Å². The maximum Gasteiger partial charge on any atom is 0.255 e. The maximum atomic E-state index is 12.7. The number of aryl methyl sites for hydroxylation is 1. The van der Waals surface area contributed by atoms with Crippen LogP contribution in [0.1, 0.15) is 22.8 Å². The standard InChI is InChI=1S/C24H21N3O2S3/c1-15-8-10-17(11-9-15)23(29)25-18-5-3-6-19(13-18)32-16(2)22(28)27-24-26-20(14-31-24)21-7-4-12-30-21/h3-14,16H,1-2H3,(H,25,29)(H,26,27,28). The molecule has 2 amide bonds. The molecule has 4 rings (SSSR count). The molecule has 32 heavy (non-hydrogen) atoms. The first-order valence-corrected chi connectivity index (χ1v) is 12.6. The summed E-state index contributed by atoms with van der Waals surface area (Å²) in [5, 5.41) is 10.0. The third kappa shape index (κ3) is 5.64. The van der Waals surface area contributed by atoms with Crippen LogP contribution in [-0.4, -0.2) is 22.0 Å². The fourth-order valence-electron chi connectivity index (χ4n) is 2.89. The highest BCUT2D eigenvalue weighted by Gasteiger charge is 2.17. The van der Waals surface area contributed by atoms with Crippen molar-refractivity contribution in [3.8, 4) is 10.6 Å². The average Bonchev–Trinajstić information content (AvgIpc) is 3.46. The third-order valence-corrected chi connectivity index (χ3v) is 7.34. The number of hydrogen-bond donors (Lipinski definition) is 2. The molecular formula is C24H21N3O2S3. The van der Waals surface area contributed by atoms with Crippen molar-refractivity contribution < 1.29 is 9.59 Å². The zero-order chi connectivity index (χ0) is 22.5. The van der Waals surface area contributed by atoms with Crippen LogP contribution < -0.4 is 10.6 Å². The van der Waals surface area contributed by atoms with Crippen molar-refractivity contribution in [1.82, 2.24) is 4.98 Å². The molecule has 2 heterocycles. The monoisotopic (exact) mass is 479 g/mol. The molecule has 0 saturated heterocycles. The van der Waals surface area contributed by atoms with Gasteiger partial charge in [-0.1, -0.05) is 29.8 Å². The van der Waals surface area contributed by atoms with Crippen LogP contribution in [0.4, 0.5) is 10.8 Å². The smallest absolute Gasteiger partial charge is 0.255 e. The maximum absolute atomic E-state index is 12.7. The molecule has 0 fully saturated rings. The number of carbonyl (C=O) groups is 2. The number of hydrogen-bond acceptors (Lipinski definition) is 6. The van der Waals surface area contributed by atoms with Crippen molar-refractivity contribution >= 4 is 57.1 Å². The first-order valence-electron chi connectivity index (χ1n) is 9.93. The number of thiazole rings is 1. The van der Waals surface area contributed by atoms with E-state index in [0.717, 1.165) is 21.0 Å². The van der Waals surface area contributed by atoms with Gasteiger partial charge in [0.1, 0.15) is 0 Å². The second-order valence-electron chi connectivity index (χ2n) is 7.11. The predicted octanol–water partition coefficient (Wildman–Crippen LogP) is 6.55. The first kappa shape index (κ1) is 22.3. The van der Waals surface area contributed by atoms with E-state index in [1.807, 2.05) is 73.1 Å². The van der Waals surface area contributed by atoms with Gasteiger partial charge in [0, 0.05) is 21.5 Å². The highest BCUT2D eigenvalue weighted by atomic mass is 32.2. The van der Waals surface area contributed by atoms with E-state index in [2.05, 4.69) is 15.6 Å². The van der Waals surface area contributed by atoms with Crippen molar-refractivity contribution in [2.24, 2.45) is 0 Å². The number of thiophene rings is 1.